The Bertz CT molecular complexity index is 2400. The van der Waals surface area contributed by atoms with Crippen LogP contribution in [0.15, 0.2) is 59.5 Å². The van der Waals surface area contributed by atoms with Crippen molar-refractivity contribution in [3.63, 3.8) is 0 Å². The maximum absolute atomic E-state index is 15.6. The maximum atomic E-state index is 15.6. The van der Waals surface area contributed by atoms with E-state index < -0.39 is 74.7 Å². The van der Waals surface area contributed by atoms with Crippen LogP contribution in [0.25, 0.3) is 0 Å². The largest absolute Gasteiger partial charge is 0.453 e. The predicted octanol–water partition coefficient (Wildman–Crippen LogP) is 4.70. The van der Waals surface area contributed by atoms with Crippen LogP contribution in [0.5, 0.6) is 0 Å². The van der Waals surface area contributed by atoms with Crippen LogP contribution < -0.4 is 38.1 Å². The monoisotopic (exact) mass is 905 g/mol. The minimum absolute atomic E-state index is 0.0927. The van der Waals surface area contributed by atoms with Crippen LogP contribution in [0, 0.1) is 17.7 Å². The molecule has 0 radical (unpaired) electrons. The molecule has 17 nitrogen and oxygen atoms in total. The van der Waals surface area contributed by atoms with E-state index in [2.05, 4.69) is 16.0 Å². The molecule has 6 rings (SSSR count). The average molecular weight is 906 g/mol. The quantitative estimate of drug-likeness (QED) is 0.128. The molecule has 6 atom stereocenters. The molecule has 3 fully saturated rings. The van der Waals surface area contributed by atoms with Crippen LogP contribution in [0.4, 0.5) is 37.6 Å². The first-order valence-corrected chi connectivity index (χ1v) is 23.5. The second-order valence-electron chi connectivity index (χ2n) is 17.6. The molecule has 0 unspecified atom stereocenters. The number of nitrogens with one attached hydrogen (secondary N) is 3. The molecule has 0 aromatic heterocycles. The normalized spacial score (nSPS) is 20.9. The van der Waals surface area contributed by atoms with Gasteiger partial charge in [-0.1, -0.05) is 39.8 Å². The molecule has 3 heterocycles. The first-order valence-electron chi connectivity index (χ1n) is 21.6. The molecule has 3 aromatic rings. The first kappa shape index (κ1) is 47.5. The molecule has 0 spiro atoms. The lowest BCUT2D eigenvalue weighted by Gasteiger charge is -2.34. The Morgan fingerprint density at radius 1 is 0.734 bits per heavy atom. The number of nitrogens with zero attached hydrogens (tertiary/aromatic N) is 3. The summed E-state index contributed by atoms with van der Waals surface area (Å²) in [5.74, 6) is -2.74. The van der Waals surface area contributed by atoms with E-state index in [1.165, 1.54) is 29.0 Å². The number of amides is 5. The number of ether oxygens (including phenoxy) is 1. The Morgan fingerprint density at radius 3 is 1.66 bits per heavy atom. The summed E-state index contributed by atoms with van der Waals surface area (Å²) in [7, 11) is -2.66. The molecule has 0 saturated carbocycles. The number of carbonyl (C=O) groups excluding carboxylic acids is 5. The van der Waals surface area contributed by atoms with Gasteiger partial charge in [0.15, 0.2) is 9.84 Å². The molecule has 3 aliphatic heterocycles. The Balaban J connectivity index is 1.24. The lowest BCUT2D eigenvalue weighted by molar-refractivity contribution is -0.139. The van der Waals surface area contributed by atoms with Crippen molar-refractivity contribution >= 4 is 68.0 Å². The number of hydrogen-bond acceptors (Lipinski definition) is 12. The highest BCUT2D eigenvalue weighted by molar-refractivity contribution is 7.90. The number of nitrogens with two attached hydrogens (primary N) is 3. The van der Waals surface area contributed by atoms with Crippen molar-refractivity contribution in [2.24, 2.45) is 17.6 Å². The second kappa shape index (κ2) is 19.4. The van der Waals surface area contributed by atoms with Gasteiger partial charge in [-0.3, -0.25) is 19.2 Å². The molecular weight excluding hydrogens is 846 g/mol. The van der Waals surface area contributed by atoms with Gasteiger partial charge in [0, 0.05) is 25.0 Å². The van der Waals surface area contributed by atoms with Crippen LogP contribution in [-0.4, -0.2) is 98.6 Å². The van der Waals surface area contributed by atoms with E-state index in [0.29, 0.717) is 68.7 Å². The van der Waals surface area contributed by atoms with E-state index in [-0.39, 0.29) is 35.0 Å². The van der Waals surface area contributed by atoms with E-state index in [0.717, 1.165) is 17.4 Å². The zero-order chi connectivity index (χ0) is 46.8. The molecule has 19 heteroatoms. The lowest BCUT2D eigenvalue weighted by atomic mass is 10.0. The fraction of sp³-hybridized carbons (Fsp3) is 0.489. The standard InChI is InChI=1S/C45H60FN9O8S/c1-24(2)39(49)43(58)53-19-7-9-36(53)41(56)50-32-14-11-26(21-30(32)47)34-16-17-35(55(34)28-13-18-38(29(46)23-28)64(6,61)62)27-12-15-33(31(48)22-27)51-42(57)37-10-8-20-54(37)44(59)40(25(3)4)52-45(60)63-5/h11-15,18,21-25,34-37,39-40H,7-10,16-17,19-20,47-49H2,1-6H3,(H,50,56)(H,51,57)(H,52,60)/t34-,35-,36+,37+,39+,40+/m1/s1. The van der Waals surface area contributed by atoms with Gasteiger partial charge >= 0.3 is 6.09 Å². The minimum atomic E-state index is -3.86. The van der Waals surface area contributed by atoms with Crippen LogP contribution >= 0.6 is 0 Å². The molecule has 64 heavy (non-hydrogen) atoms. The van der Waals surface area contributed by atoms with Crippen molar-refractivity contribution in [2.45, 2.75) is 107 Å². The molecule has 3 aliphatic rings. The number of halogens is 1. The summed E-state index contributed by atoms with van der Waals surface area (Å²) in [5.41, 5.74) is 22.4. The number of benzene rings is 3. The first-order chi connectivity index (χ1) is 30.2. The number of carbonyl (C=O) groups is 5. The molecule has 0 aliphatic carbocycles. The molecule has 3 aromatic carbocycles. The summed E-state index contributed by atoms with van der Waals surface area (Å²) in [6, 6.07) is 10.5. The van der Waals surface area contributed by atoms with Gasteiger partial charge < -0.3 is 52.6 Å². The molecule has 3 saturated heterocycles. The number of methoxy groups -OCH3 is 1. The topological polar surface area (TPSA) is 253 Å². The third-order valence-electron chi connectivity index (χ3n) is 12.5. The highest BCUT2D eigenvalue weighted by Crippen LogP contribution is 2.48. The third-order valence-corrected chi connectivity index (χ3v) is 13.6. The van der Waals surface area contributed by atoms with E-state index in [1.807, 2.05) is 24.8 Å². The Morgan fingerprint density at radius 2 is 1.23 bits per heavy atom. The fourth-order valence-corrected chi connectivity index (χ4v) is 9.70. The zero-order valence-electron chi connectivity index (χ0n) is 37.1. The van der Waals surface area contributed by atoms with Crippen molar-refractivity contribution < 1.29 is 41.5 Å². The summed E-state index contributed by atoms with van der Waals surface area (Å²) in [6.07, 6.45) is 3.46. The maximum Gasteiger partial charge on any atom is 0.407 e. The summed E-state index contributed by atoms with van der Waals surface area (Å²) in [5, 5.41) is 8.35. The van der Waals surface area contributed by atoms with Crippen LogP contribution in [-0.2, 0) is 33.8 Å². The number of nitrogen functional groups attached to an aromatic ring is 2. The zero-order valence-corrected chi connectivity index (χ0v) is 37.9. The van der Waals surface area contributed by atoms with E-state index >= 15 is 4.39 Å². The number of likely N-dealkylation sites (tertiary alicyclic amines) is 2. The molecule has 9 N–H and O–H groups in total. The fourth-order valence-electron chi connectivity index (χ4n) is 8.97. The van der Waals surface area contributed by atoms with Gasteiger partial charge in [-0.25, -0.2) is 17.6 Å². The van der Waals surface area contributed by atoms with Gasteiger partial charge in [-0.2, -0.15) is 0 Å². The molecular formula is C45H60FN9O8S. The second-order valence-corrected chi connectivity index (χ2v) is 19.6. The Kier molecular flexibility index (Phi) is 14.4. The van der Waals surface area contributed by atoms with Crippen molar-refractivity contribution in [1.29, 1.82) is 0 Å². The molecule has 5 amide bonds. The van der Waals surface area contributed by atoms with E-state index in [4.69, 9.17) is 21.9 Å². The Labute approximate surface area is 373 Å². The Hall–Kier alpha value is -5.95. The highest BCUT2D eigenvalue weighted by atomic mass is 32.2. The number of alkyl carbamates (subject to hydrolysis) is 1. The number of hydrogen-bond donors (Lipinski definition) is 6. The summed E-state index contributed by atoms with van der Waals surface area (Å²) >= 11 is 0. The third kappa shape index (κ3) is 10.0. The SMILES string of the molecule is COC(=O)N[C@H](C(=O)N1CCC[C@H]1C(=O)Nc1ccc([C@H]2CC[C@H](c3ccc(NC(=O)[C@@H]4CCCN4C(=O)[C@@H](N)C(C)C)c(N)c3)N2c2ccc(S(C)(=O)=O)c(F)c2)cc1N)C(C)C. The van der Waals surface area contributed by atoms with Crippen molar-refractivity contribution in [3.05, 3.63) is 71.5 Å². The smallest absolute Gasteiger partial charge is 0.407 e. The summed E-state index contributed by atoms with van der Waals surface area (Å²) in [6.45, 7) is 8.05. The van der Waals surface area contributed by atoms with Crippen LogP contribution in [0.2, 0.25) is 0 Å². The van der Waals surface area contributed by atoms with E-state index in [9.17, 15) is 32.4 Å². The van der Waals surface area contributed by atoms with Crippen LogP contribution in [0.1, 0.15) is 89.4 Å². The number of rotatable bonds is 13. The number of anilines is 5. The van der Waals surface area contributed by atoms with Gasteiger partial charge in [0.05, 0.1) is 48.0 Å². The van der Waals surface area contributed by atoms with Gasteiger partial charge in [0.25, 0.3) is 0 Å². The summed E-state index contributed by atoms with van der Waals surface area (Å²) in [4.78, 5) is 70.5. The van der Waals surface area contributed by atoms with Gasteiger partial charge in [0.1, 0.15) is 28.8 Å². The molecule has 346 valence electrons. The van der Waals surface area contributed by atoms with Crippen molar-refractivity contribution in [3.8, 4) is 0 Å². The van der Waals surface area contributed by atoms with E-state index in [1.54, 1.807) is 50.2 Å². The van der Waals surface area contributed by atoms with Gasteiger partial charge in [-0.05, 0) is 104 Å². The van der Waals surface area contributed by atoms with Gasteiger partial charge in [0.2, 0.25) is 23.6 Å². The average Bonchev–Trinajstić information content (AvgIpc) is 4.03. The van der Waals surface area contributed by atoms with Crippen molar-refractivity contribution in [1.82, 2.24) is 15.1 Å². The summed E-state index contributed by atoms with van der Waals surface area (Å²) < 4.78 is 45.0. The van der Waals surface area contributed by atoms with Crippen molar-refractivity contribution in [2.75, 3.05) is 53.5 Å². The van der Waals surface area contributed by atoms with Gasteiger partial charge in [-0.15, -0.1) is 0 Å². The lowest BCUT2D eigenvalue weighted by Crippen LogP contribution is -2.54. The minimum Gasteiger partial charge on any atom is -0.453 e. The predicted molar refractivity (Wildman–Crippen MR) is 242 cm³/mol. The van der Waals surface area contributed by atoms with Crippen LogP contribution in [0.3, 0.4) is 0 Å². The highest BCUT2D eigenvalue weighted by Gasteiger charge is 2.41. The molecule has 0 bridgehead atoms. The number of sulfone groups is 1.